The molecule has 4 nitrogen and oxygen atoms in total. The molecule has 0 bridgehead atoms. The lowest BCUT2D eigenvalue weighted by molar-refractivity contribution is -0.115. The Labute approximate surface area is 173 Å². The lowest BCUT2D eigenvalue weighted by atomic mass is 10.2. The zero-order chi connectivity index (χ0) is 20.2. The number of anilines is 1. The van der Waals surface area contributed by atoms with Crippen molar-refractivity contribution in [2.45, 2.75) is 11.7 Å². The molecule has 29 heavy (non-hydrogen) atoms. The van der Waals surface area contributed by atoms with Crippen LogP contribution in [0.2, 0.25) is 0 Å². The van der Waals surface area contributed by atoms with Crippen molar-refractivity contribution in [1.29, 1.82) is 0 Å². The van der Waals surface area contributed by atoms with E-state index in [4.69, 9.17) is 0 Å². The summed E-state index contributed by atoms with van der Waals surface area (Å²) < 4.78 is 16.2. The van der Waals surface area contributed by atoms with Crippen LogP contribution < -0.4 is 4.90 Å². The van der Waals surface area contributed by atoms with Crippen LogP contribution in [0.25, 0.3) is 11.0 Å². The van der Waals surface area contributed by atoms with Gasteiger partial charge in [0.05, 0.1) is 23.3 Å². The van der Waals surface area contributed by atoms with Crippen molar-refractivity contribution in [1.82, 2.24) is 9.55 Å². The molecule has 1 amide bonds. The maximum absolute atomic E-state index is 14.2. The second kappa shape index (κ2) is 8.49. The zero-order valence-corrected chi connectivity index (χ0v) is 16.8. The fourth-order valence-electron chi connectivity index (χ4n) is 3.13. The van der Waals surface area contributed by atoms with Gasteiger partial charge in [0.25, 0.3) is 0 Å². The van der Waals surface area contributed by atoms with Crippen molar-refractivity contribution in [3.63, 3.8) is 0 Å². The minimum atomic E-state index is -0.249. The van der Waals surface area contributed by atoms with Crippen LogP contribution in [0.15, 0.2) is 84.0 Å². The molecule has 6 heteroatoms. The predicted octanol–water partition coefficient (Wildman–Crippen LogP) is 4.98. The number of fused-ring (bicyclic) bond motifs is 1. The highest BCUT2D eigenvalue weighted by Gasteiger charge is 2.16. The number of carbonyl (C=O) groups is 1. The standard InChI is InChI=1S/C23H20FN3OS/c1-26(18-10-3-2-4-11-18)22(28)16-29-23-25-20-13-7-8-14-21(20)27(23)15-17-9-5-6-12-19(17)24/h2-14H,15-16H2,1H3. The molecule has 0 aliphatic carbocycles. The summed E-state index contributed by atoms with van der Waals surface area (Å²) in [5.41, 5.74) is 3.18. The molecule has 0 unspecified atom stereocenters. The molecule has 0 radical (unpaired) electrons. The molecular weight excluding hydrogens is 385 g/mol. The number of rotatable bonds is 6. The number of hydrogen-bond acceptors (Lipinski definition) is 3. The second-order valence-corrected chi connectivity index (χ2v) is 7.58. The fraction of sp³-hybridized carbons (Fsp3) is 0.130. The van der Waals surface area contributed by atoms with Crippen molar-refractivity contribution < 1.29 is 9.18 Å². The topological polar surface area (TPSA) is 38.1 Å². The molecule has 0 fully saturated rings. The van der Waals surface area contributed by atoms with Gasteiger partial charge in [0.15, 0.2) is 5.16 Å². The van der Waals surface area contributed by atoms with E-state index in [1.807, 2.05) is 65.2 Å². The molecule has 1 aromatic heterocycles. The Balaban J connectivity index is 1.58. The number of benzene rings is 3. The summed E-state index contributed by atoms with van der Waals surface area (Å²) in [6.45, 7) is 0.359. The second-order valence-electron chi connectivity index (χ2n) is 6.64. The average molecular weight is 405 g/mol. The molecule has 1 heterocycles. The maximum atomic E-state index is 14.2. The zero-order valence-electron chi connectivity index (χ0n) is 16.0. The summed E-state index contributed by atoms with van der Waals surface area (Å²) in [5, 5.41) is 0.698. The Morgan fingerprint density at radius 3 is 2.48 bits per heavy atom. The van der Waals surface area contributed by atoms with Crippen LogP contribution in [0.4, 0.5) is 10.1 Å². The van der Waals surface area contributed by atoms with Gasteiger partial charge >= 0.3 is 0 Å². The minimum absolute atomic E-state index is 0.0225. The SMILES string of the molecule is CN(C(=O)CSc1nc2ccccc2n1Cc1ccccc1F)c1ccccc1. The van der Waals surface area contributed by atoms with E-state index in [0.29, 0.717) is 17.3 Å². The predicted molar refractivity (Wildman–Crippen MR) is 116 cm³/mol. The van der Waals surface area contributed by atoms with Crippen molar-refractivity contribution in [3.8, 4) is 0 Å². The van der Waals surface area contributed by atoms with Crippen LogP contribution in [0.1, 0.15) is 5.56 Å². The molecular formula is C23H20FN3OS. The first-order valence-corrected chi connectivity index (χ1v) is 10.2. The number of amides is 1. The number of para-hydroxylation sites is 3. The van der Waals surface area contributed by atoms with Crippen LogP contribution in [-0.2, 0) is 11.3 Å². The van der Waals surface area contributed by atoms with Gasteiger partial charge < -0.3 is 9.47 Å². The molecule has 0 aliphatic rings. The number of nitrogens with zero attached hydrogens (tertiary/aromatic N) is 3. The van der Waals surface area contributed by atoms with Gasteiger partial charge in [-0.3, -0.25) is 4.79 Å². The van der Waals surface area contributed by atoms with Gasteiger partial charge in [-0.2, -0.15) is 0 Å². The monoisotopic (exact) mass is 405 g/mol. The van der Waals surface area contributed by atoms with Gasteiger partial charge in [0.1, 0.15) is 5.82 Å². The highest BCUT2D eigenvalue weighted by atomic mass is 32.2. The van der Waals surface area contributed by atoms with E-state index >= 15 is 0 Å². The lowest BCUT2D eigenvalue weighted by Crippen LogP contribution is -2.28. The number of carbonyl (C=O) groups excluding carboxylic acids is 1. The van der Waals surface area contributed by atoms with Crippen molar-refractivity contribution in [2.24, 2.45) is 0 Å². The van der Waals surface area contributed by atoms with Gasteiger partial charge in [0, 0.05) is 18.3 Å². The summed E-state index contributed by atoms with van der Waals surface area (Å²) in [7, 11) is 1.76. The normalized spacial score (nSPS) is 11.0. The van der Waals surface area contributed by atoms with Crippen LogP contribution in [-0.4, -0.2) is 28.3 Å². The molecule has 0 aliphatic heterocycles. The lowest BCUT2D eigenvalue weighted by Gasteiger charge is -2.17. The van der Waals surface area contributed by atoms with E-state index in [2.05, 4.69) is 4.98 Å². The number of aromatic nitrogens is 2. The van der Waals surface area contributed by atoms with Crippen molar-refractivity contribution >= 4 is 34.4 Å². The number of halogens is 1. The Morgan fingerprint density at radius 2 is 1.69 bits per heavy atom. The van der Waals surface area contributed by atoms with Gasteiger partial charge in [0.2, 0.25) is 5.91 Å². The van der Waals surface area contributed by atoms with Gasteiger partial charge in [-0.25, -0.2) is 9.37 Å². The highest BCUT2D eigenvalue weighted by Crippen LogP contribution is 2.26. The number of hydrogen-bond donors (Lipinski definition) is 0. The van der Waals surface area contributed by atoms with E-state index in [-0.39, 0.29) is 17.5 Å². The van der Waals surface area contributed by atoms with Crippen LogP contribution in [0.3, 0.4) is 0 Å². The van der Waals surface area contributed by atoms with E-state index in [1.54, 1.807) is 24.1 Å². The third kappa shape index (κ3) is 4.17. The Bertz CT molecular complexity index is 1140. The number of thioether (sulfide) groups is 1. The first kappa shape index (κ1) is 19.2. The van der Waals surface area contributed by atoms with Crippen molar-refractivity contribution in [3.05, 3.63) is 90.2 Å². The average Bonchev–Trinajstić information content (AvgIpc) is 3.11. The summed E-state index contributed by atoms with van der Waals surface area (Å²) in [5.74, 6) is -0.0294. The molecule has 3 aromatic carbocycles. The van der Waals surface area contributed by atoms with E-state index < -0.39 is 0 Å². The molecule has 0 atom stereocenters. The molecule has 0 N–H and O–H groups in total. The Morgan fingerprint density at radius 1 is 1.00 bits per heavy atom. The molecule has 4 aromatic rings. The molecule has 0 saturated heterocycles. The number of imidazole rings is 1. The van der Waals surface area contributed by atoms with Crippen LogP contribution in [0.5, 0.6) is 0 Å². The van der Waals surface area contributed by atoms with Gasteiger partial charge in [-0.1, -0.05) is 60.3 Å². The molecule has 146 valence electrons. The van der Waals surface area contributed by atoms with Gasteiger partial charge in [-0.05, 0) is 30.3 Å². The summed E-state index contributed by atoms with van der Waals surface area (Å²) in [4.78, 5) is 19.0. The largest absolute Gasteiger partial charge is 0.315 e. The molecule has 4 rings (SSSR count). The Kier molecular flexibility index (Phi) is 5.62. The minimum Gasteiger partial charge on any atom is -0.315 e. The summed E-state index contributed by atoms with van der Waals surface area (Å²) >= 11 is 1.37. The van der Waals surface area contributed by atoms with E-state index in [0.717, 1.165) is 16.7 Å². The van der Waals surface area contributed by atoms with E-state index in [9.17, 15) is 9.18 Å². The third-order valence-electron chi connectivity index (χ3n) is 4.75. The van der Waals surface area contributed by atoms with Crippen LogP contribution in [0, 0.1) is 5.82 Å². The quantitative estimate of drug-likeness (QED) is 0.425. The van der Waals surface area contributed by atoms with E-state index in [1.165, 1.54) is 17.8 Å². The molecule has 0 saturated carbocycles. The molecule has 0 spiro atoms. The first-order valence-electron chi connectivity index (χ1n) is 9.26. The smallest absolute Gasteiger partial charge is 0.237 e. The van der Waals surface area contributed by atoms with Crippen molar-refractivity contribution in [2.75, 3.05) is 17.7 Å². The fourth-order valence-corrected chi connectivity index (χ4v) is 4.06. The highest BCUT2D eigenvalue weighted by molar-refractivity contribution is 7.99. The first-order chi connectivity index (χ1) is 14.1. The third-order valence-corrected chi connectivity index (χ3v) is 5.71. The van der Waals surface area contributed by atoms with Crippen LogP contribution >= 0.6 is 11.8 Å². The van der Waals surface area contributed by atoms with Gasteiger partial charge in [-0.15, -0.1) is 0 Å². The summed E-state index contributed by atoms with van der Waals surface area (Å²) in [6, 6.07) is 24.0. The maximum Gasteiger partial charge on any atom is 0.237 e. The Hall–Kier alpha value is -3.12. The summed E-state index contributed by atoms with van der Waals surface area (Å²) in [6.07, 6.45) is 0.